The van der Waals surface area contributed by atoms with Gasteiger partial charge in [-0.1, -0.05) is 30.3 Å². The molecule has 3 nitrogen and oxygen atoms in total. The van der Waals surface area contributed by atoms with Crippen LogP contribution >= 0.6 is 0 Å². The minimum Gasteiger partial charge on any atom is -0.395 e. The average Bonchev–Trinajstić information content (AvgIpc) is 2.25. The monoisotopic (exact) mass is 195 g/mol. The summed E-state index contributed by atoms with van der Waals surface area (Å²) < 4.78 is 0. The molecule has 0 bridgehead atoms. The van der Waals surface area contributed by atoms with Crippen LogP contribution in [-0.4, -0.2) is 29.9 Å². The van der Waals surface area contributed by atoms with E-state index in [1.807, 2.05) is 30.3 Å². The van der Waals surface area contributed by atoms with Gasteiger partial charge in [-0.2, -0.15) is 0 Å². The van der Waals surface area contributed by atoms with Gasteiger partial charge in [-0.25, -0.2) is 0 Å². The number of aliphatic hydroxyl groups excluding tert-OH is 2. The summed E-state index contributed by atoms with van der Waals surface area (Å²) in [6.45, 7) is 1.44. The van der Waals surface area contributed by atoms with Crippen LogP contribution in [0.5, 0.6) is 0 Å². The molecule has 78 valence electrons. The van der Waals surface area contributed by atoms with Crippen LogP contribution in [0.15, 0.2) is 30.3 Å². The molecule has 0 heterocycles. The van der Waals surface area contributed by atoms with Crippen molar-refractivity contribution in [2.24, 2.45) is 0 Å². The van der Waals surface area contributed by atoms with Gasteiger partial charge in [0.1, 0.15) is 0 Å². The molecule has 3 heteroatoms. The summed E-state index contributed by atoms with van der Waals surface area (Å²) in [7, 11) is 0. The number of hydrogen-bond acceptors (Lipinski definition) is 3. The molecule has 0 aromatic heterocycles. The summed E-state index contributed by atoms with van der Waals surface area (Å²) in [6.07, 6.45) is 0.256. The lowest BCUT2D eigenvalue weighted by molar-refractivity contribution is 0.165. The van der Waals surface area contributed by atoms with Gasteiger partial charge in [0.2, 0.25) is 0 Å². The average molecular weight is 195 g/mol. The van der Waals surface area contributed by atoms with Crippen molar-refractivity contribution in [2.75, 3.05) is 19.7 Å². The van der Waals surface area contributed by atoms with E-state index in [4.69, 9.17) is 5.11 Å². The molecule has 0 saturated carbocycles. The SMILES string of the molecule is OCCNCCC(O)c1ccccc1. The molecule has 0 saturated heterocycles. The Hall–Kier alpha value is -0.900. The highest BCUT2D eigenvalue weighted by Crippen LogP contribution is 2.14. The molecule has 0 radical (unpaired) electrons. The predicted octanol–water partition coefficient (Wildman–Crippen LogP) is 0.692. The third-order valence-electron chi connectivity index (χ3n) is 2.07. The maximum Gasteiger partial charge on any atom is 0.0802 e. The van der Waals surface area contributed by atoms with Crippen molar-refractivity contribution in [2.45, 2.75) is 12.5 Å². The molecule has 1 aromatic rings. The molecule has 0 amide bonds. The predicted molar refractivity (Wildman–Crippen MR) is 56.0 cm³/mol. The lowest BCUT2D eigenvalue weighted by Gasteiger charge is -2.10. The first-order chi connectivity index (χ1) is 6.84. The minimum absolute atomic E-state index is 0.140. The molecule has 14 heavy (non-hydrogen) atoms. The Morgan fingerprint density at radius 3 is 2.50 bits per heavy atom. The van der Waals surface area contributed by atoms with Gasteiger partial charge < -0.3 is 15.5 Å². The van der Waals surface area contributed by atoms with Gasteiger partial charge in [0, 0.05) is 6.54 Å². The fourth-order valence-electron chi connectivity index (χ4n) is 1.28. The number of rotatable bonds is 6. The van der Waals surface area contributed by atoms with E-state index in [0.717, 1.165) is 12.1 Å². The molecular formula is C11H17NO2. The van der Waals surface area contributed by atoms with Gasteiger partial charge in [-0.3, -0.25) is 0 Å². The van der Waals surface area contributed by atoms with E-state index in [-0.39, 0.29) is 6.61 Å². The molecule has 1 unspecified atom stereocenters. The lowest BCUT2D eigenvalue weighted by Crippen LogP contribution is -2.21. The second-order valence-electron chi connectivity index (χ2n) is 3.19. The minimum atomic E-state index is -0.414. The van der Waals surface area contributed by atoms with E-state index < -0.39 is 6.10 Å². The van der Waals surface area contributed by atoms with Crippen molar-refractivity contribution in [1.29, 1.82) is 0 Å². The van der Waals surface area contributed by atoms with Gasteiger partial charge in [-0.15, -0.1) is 0 Å². The largest absolute Gasteiger partial charge is 0.395 e. The van der Waals surface area contributed by atoms with Crippen LogP contribution < -0.4 is 5.32 Å². The highest BCUT2D eigenvalue weighted by atomic mass is 16.3. The summed E-state index contributed by atoms with van der Waals surface area (Å²) >= 11 is 0. The van der Waals surface area contributed by atoms with E-state index in [2.05, 4.69) is 5.32 Å². The van der Waals surface area contributed by atoms with Gasteiger partial charge in [-0.05, 0) is 18.5 Å². The van der Waals surface area contributed by atoms with Crippen molar-refractivity contribution in [3.05, 3.63) is 35.9 Å². The fourth-order valence-corrected chi connectivity index (χ4v) is 1.28. The van der Waals surface area contributed by atoms with Crippen LogP contribution in [0.1, 0.15) is 18.1 Å². The third-order valence-corrected chi connectivity index (χ3v) is 2.07. The number of hydrogen-bond donors (Lipinski definition) is 3. The van der Waals surface area contributed by atoms with Gasteiger partial charge in [0.15, 0.2) is 0 Å². The smallest absolute Gasteiger partial charge is 0.0802 e. The highest BCUT2D eigenvalue weighted by molar-refractivity contribution is 5.17. The zero-order chi connectivity index (χ0) is 10.2. The summed E-state index contributed by atoms with van der Waals surface area (Å²) in [5.41, 5.74) is 0.943. The number of nitrogens with one attached hydrogen (secondary N) is 1. The topological polar surface area (TPSA) is 52.5 Å². The Balaban J connectivity index is 2.25. The summed E-state index contributed by atoms with van der Waals surface area (Å²) in [6, 6.07) is 9.59. The first kappa shape index (κ1) is 11.2. The van der Waals surface area contributed by atoms with Crippen LogP contribution in [0.3, 0.4) is 0 Å². The molecule has 1 rings (SSSR count). The lowest BCUT2D eigenvalue weighted by atomic mass is 10.1. The van der Waals surface area contributed by atoms with Crippen molar-refractivity contribution in [3.63, 3.8) is 0 Å². The van der Waals surface area contributed by atoms with E-state index in [1.165, 1.54) is 0 Å². The van der Waals surface area contributed by atoms with E-state index >= 15 is 0 Å². The van der Waals surface area contributed by atoms with E-state index in [0.29, 0.717) is 13.0 Å². The van der Waals surface area contributed by atoms with Crippen molar-refractivity contribution < 1.29 is 10.2 Å². The molecular weight excluding hydrogens is 178 g/mol. The molecule has 0 aliphatic heterocycles. The molecule has 0 fully saturated rings. The molecule has 1 aromatic carbocycles. The highest BCUT2D eigenvalue weighted by Gasteiger charge is 2.04. The second kappa shape index (κ2) is 6.54. The quantitative estimate of drug-likeness (QED) is 0.585. The molecule has 3 N–H and O–H groups in total. The van der Waals surface area contributed by atoms with Crippen LogP contribution in [0.4, 0.5) is 0 Å². The maximum absolute atomic E-state index is 9.72. The van der Waals surface area contributed by atoms with Crippen molar-refractivity contribution >= 4 is 0 Å². The normalized spacial score (nSPS) is 12.7. The van der Waals surface area contributed by atoms with Gasteiger partial charge in [0.25, 0.3) is 0 Å². The fraction of sp³-hybridized carbons (Fsp3) is 0.455. The van der Waals surface area contributed by atoms with Crippen LogP contribution in [0.25, 0.3) is 0 Å². The first-order valence-corrected chi connectivity index (χ1v) is 4.89. The van der Waals surface area contributed by atoms with Gasteiger partial charge >= 0.3 is 0 Å². The van der Waals surface area contributed by atoms with Crippen molar-refractivity contribution in [3.8, 4) is 0 Å². The first-order valence-electron chi connectivity index (χ1n) is 4.89. The molecule has 0 aliphatic rings. The number of benzene rings is 1. The Bertz CT molecular complexity index is 238. The van der Waals surface area contributed by atoms with Crippen molar-refractivity contribution in [1.82, 2.24) is 5.32 Å². The second-order valence-corrected chi connectivity index (χ2v) is 3.19. The third kappa shape index (κ3) is 3.87. The number of aliphatic hydroxyl groups is 2. The van der Waals surface area contributed by atoms with Crippen LogP contribution in [0, 0.1) is 0 Å². The molecule has 1 atom stereocenters. The molecule has 0 aliphatic carbocycles. The molecule has 0 spiro atoms. The maximum atomic E-state index is 9.72. The summed E-state index contributed by atoms with van der Waals surface area (Å²) in [5.74, 6) is 0. The Labute approximate surface area is 84.4 Å². The van der Waals surface area contributed by atoms with Gasteiger partial charge in [0.05, 0.1) is 12.7 Å². The van der Waals surface area contributed by atoms with Crippen LogP contribution in [-0.2, 0) is 0 Å². The Morgan fingerprint density at radius 2 is 1.86 bits per heavy atom. The standard InChI is InChI=1S/C11H17NO2/c13-9-8-12-7-6-11(14)10-4-2-1-3-5-10/h1-5,11-14H,6-9H2. The zero-order valence-corrected chi connectivity index (χ0v) is 8.19. The Morgan fingerprint density at radius 1 is 1.14 bits per heavy atom. The van der Waals surface area contributed by atoms with E-state index in [1.54, 1.807) is 0 Å². The summed E-state index contributed by atoms with van der Waals surface area (Å²) in [4.78, 5) is 0. The van der Waals surface area contributed by atoms with E-state index in [9.17, 15) is 5.11 Å². The zero-order valence-electron chi connectivity index (χ0n) is 8.19. The Kier molecular flexibility index (Phi) is 5.22. The summed E-state index contributed by atoms with van der Waals surface area (Å²) in [5, 5.41) is 21.3. The van der Waals surface area contributed by atoms with Crippen LogP contribution in [0.2, 0.25) is 0 Å².